The summed E-state index contributed by atoms with van der Waals surface area (Å²) < 4.78 is 0. The van der Waals surface area contributed by atoms with E-state index in [0.29, 0.717) is 6.42 Å². The number of hydrogen-bond donors (Lipinski definition) is 1. The summed E-state index contributed by atoms with van der Waals surface area (Å²) in [6, 6.07) is 0. The lowest BCUT2D eigenvalue weighted by molar-refractivity contribution is -0.403. The summed E-state index contributed by atoms with van der Waals surface area (Å²) in [7, 11) is 0. The monoisotopic (exact) mass is 246 g/mol. The van der Waals surface area contributed by atoms with E-state index in [9.17, 15) is 0 Å². The fourth-order valence-corrected chi connectivity index (χ4v) is 1.60. The van der Waals surface area contributed by atoms with Crippen molar-refractivity contribution in [3.63, 3.8) is 0 Å². The van der Waals surface area contributed by atoms with Crippen LogP contribution in [0.1, 0.15) is 73.1 Å². The fourth-order valence-electron chi connectivity index (χ4n) is 1.60. The van der Waals surface area contributed by atoms with Crippen LogP contribution in [-0.2, 0) is 9.78 Å². The Hall–Kier alpha value is -0.120. The van der Waals surface area contributed by atoms with Crippen molar-refractivity contribution in [2.45, 2.75) is 84.3 Å². The van der Waals surface area contributed by atoms with Crippen molar-refractivity contribution in [3.8, 4) is 0 Å². The summed E-state index contributed by atoms with van der Waals surface area (Å²) in [6.45, 7) is 10.2. The first-order valence-corrected chi connectivity index (χ1v) is 6.81. The molecule has 17 heavy (non-hydrogen) atoms. The Bertz CT molecular complexity index is 186. The van der Waals surface area contributed by atoms with Gasteiger partial charge in [-0.3, -0.25) is 0 Å². The summed E-state index contributed by atoms with van der Waals surface area (Å²) in [5, 5.41) is 9.10. The molecule has 3 nitrogen and oxygen atoms in total. The minimum absolute atomic E-state index is 0.137. The Balaban J connectivity index is 4.06. The number of aliphatic hydroxyl groups excluding tert-OH is 1. The van der Waals surface area contributed by atoms with Gasteiger partial charge in [0.25, 0.3) is 0 Å². The molecule has 0 heterocycles. The molecule has 3 heteroatoms. The van der Waals surface area contributed by atoms with Crippen LogP contribution in [0.15, 0.2) is 0 Å². The number of aliphatic hydroxyl groups is 1. The molecule has 1 atom stereocenters. The molecular weight excluding hydrogens is 216 g/mol. The standard InChI is InChI=1S/C14H30O3/c1-6-7-8-9-10-14(5,11-12-15)17-16-13(2,3)4/h15H,6-12H2,1-5H3/t14-/m1/s1. The van der Waals surface area contributed by atoms with Crippen LogP contribution < -0.4 is 0 Å². The van der Waals surface area contributed by atoms with E-state index in [1.54, 1.807) is 0 Å². The lowest BCUT2D eigenvalue weighted by atomic mass is 9.95. The molecule has 0 radical (unpaired) electrons. The Kier molecular flexibility index (Phi) is 8.01. The molecule has 0 saturated carbocycles. The summed E-state index contributed by atoms with van der Waals surface area (Å²) in [4.78, 5) is 10.9. The predicted molar refractivity (Wildman–Crippen MR) is 70.8 cm³/mol. The second-order valence-electron chi connectivity index (χ2n) is 6.01. The predicted octanol–water partition coefficient (Wildman–Crippen LogP) is 3.84. The smallest absolute Gasteiger partial charge is 0.103 e. The molecule has 1 N–H and O–H groups in total. The van der Waals surface area contributed by atoms with E-state index in [0.717, 1.165) is 12.8 Å². The molecule has 0 amide bonds. The maximum Gasteiger partial charge on any atom is 0.103 e. The van der Waals surface area contributed by atoms with Crippen LogP contribution in [0.3, 0.4) is 0 Å². The molecule has 0 bridgehead atoms. The lowest BCUT2D eigenvalue weighted by Crippen LogP contribution is -2.34. The molecule has 0 aromatic rings. The van der Waals surface area contributed by atoms with Crippen LogP contribution in [0.25, 0.3) is 0 Å². The van der Waals surface area contributed by atoms with Gasteiger partial charge in [-0.05, 0) is 34.1 Å². The summed E-state index contributed by atoms with van der Waals surface area (Å²) >= 11 is 0. The SMILES string of the molecule is CCCCCC[C@](C)(CCO)OOC(C)(C)C. The average Bonchev–Trinajstić information content (AvgIpc) is 2.22. The van der Waals surface area contributed by atoms with E-state index in [1.165, 1.54) is 19.3 Å². The lowest BCUT2D eigenvalue weighted by Gasteiger charge is -2.31. The van der Waals surface area contributed by atoms with Gasteiger partial charge in [-0.2, -0.15) is 0 Å². The van der Waals surface area contributed by atoms with E-state index in [-0.39, 0.29) is 17.8 Å². The van der Waals surface area contributed by atoms with E-state index < -0.39 is 0 Å². The quantitative estimate of drug-likeness (QED) is 0.381. The van der Waals surface area contributed by atoms with Gasteiger partial charge in [0.15, 0.2) is 0 Å². The second-order valence-corrected chi connectivity index (χ2v) is 6.01. The molecule has 0 saturated heterocycles. The highest BCUT2D eigenvalue weighted by Crippen LogP contribution is 2.26. The Morgan fingerprint density at radius 3 is 2.00 bits per heavy atom. The van der Waals surface area contributed by atoms with Gasteiger partial charge in [-0.25, -0.2) is 9.78 Å². The topological polar surface area (TPSA) is 38.7 Å². The molecule has 0 aliphatic rings. The molecule has 0 spiro atoms. The van der Waals surface area contributed by atoms with Gasteiger partial charge >= 0.3 is 0 Å². The van der Waals surface area contributed by atoms with E-state index in [4.69, 9.17) is 14.9 Å². The van der Waals surface area contributed by atoms with Gasteiger partial charge in [-0.1, -0.05) is 32.6 Å². The Morgan fingerprint density at radius 1 is 0.882 bits per heavy atom. The molecule has 104 valence electrons. The minimum Gasteiger partial charge on any atom is -0.396 e. The Labute approximate surface area is 106 Å². The third kappa shape index (κ3) is 9.57. The van der Waals surface area contributed by atoms with Crippen molar-refractivity contribution in [3.05, 3.63) is 0 Å². The highest BCUT2D eigenvalue weighted by Gasteiger charge is 2.28. The van der Waals surface area contributed by atoms with E-state index in [2.05, 4.69) is 6.92 Å². The first-order valence-electron chi connectivity index (χ1n) is 6.81. The van der Waals surface area contributed by atoms with Gasteiger partial charge < -0.3 is 5.11 Å². The van der Waals surface area contributed by atoms with Crippen molar-refractivity contribution in [1.29, 1.82) is 0 Å². The summed E-state index contributed by atoms with van der Waals surface area (Å²) in [6.07, 6.45) is 6.39. The molecular formula is C14H30O3. The van der Waals surface area contributed by atoms with Crippen LogP contribution in [0.2, 0.25) is 0 Å². The number of rotatable bonds is 9. The zero-order valence-electron chi connectivity index (χ0n) is 12.2. The third-order valence-corrected chi connectivity index (χ3v) is 2.69. The van der Waals surface area contributed by atoms with Crippen molar-refractivity contribution < 1.29 is 14.9 Å². The van der Waals surface area contributed by atoms with Crippen LogP contribution >= 0.6 is 0 Å². The normalized spacial score (nSPS) is 15.9. The van der Waals surface area contributed by atoms with E-state index in [1.807, 2.05) is 27.7 Å². The van der Waals surface area contributed by atoms with Gasteiger partial charge in [0.2, 0.25) is 0 Å². The molecule has 0 aliphatic heterocycles. The largest absolute Gasteiger partial charge is 0.396 e. The van der Waals surface area contributed by atoms with Crippen LogP contribution in [0.4, 0.5) is 0 Å². The molecule has 0 aromatic heterocycles. The van der Waals surface area contributed by atoms with Crippen molar-refractivity contribution in [2.75, 3.05) is 6.61 Å². The summed E-state index contributed by atoms with van der Waals surface area (Å²) in [5.41, 5.74) is -0.671. The van der Waals surface area contributed by atoms with Crippen LogP contribution in [0.5, 0.6) is 0 Å². The van der Waals surface area contributed by atoms with Gasteiger partial charge in [-0.15, -0.1) is 0 Å². The van der Waals surface area contributed by atoms with Gasteiger partial charge in [0, 0.05) is 13.0 Å². The highest BCUT2D eigenvalue weighted by molar-refractivity contribution is 4.74. The van der Waals surface area contributed by atoms with Crippen molar-refractivity contribution >= 4 is 0 Å². The maximum atomic E-state index is 9.10. The molecule has 0 fully saturated rings. The Morgan fingerprint density at radius 2 is 1.53 bits per heavy atom. The second kappa shape index (κ2) is 8.06. The average molecular weight is 246 g/mol. The van der Waals surface area contributed by atoms with Crippen LogP contribution in [-0.4, -0.2) is 22.9 Å². The maximum absolute atomic E-state index is 9.10. The molecule has 0 aromatic carbocycles. The van der Waals surface area contributed by atoms with Crippen molar-refractivity contribution in [2.24, 2.45) is 0 Å². The highest BCUT2D eigenvalue weighted by atomic mass is 17.2. The zero-order chi connectivity index (χ0) is 13.4. The third-order valence-electron chi connectivity index (χ3n) is 2.69. The molecule has 0 unspecified atom stereocenters. The van der Waals surface area contributed by atoms with Gasteiger partial charge in [0.1, 0.15) is 5.60 Å². The summed E-state index contributed by atoms with van der Waals surface area (Å²) in [5.74, 6) is 0. The zero-order valence-corrected chi connectivity index (χ0v) is 12.2. The molecule has 0 rings (SSSR count). The minimum atomic E-state index is -0.365. The number of hydrogen-bond acceptors (Lipinski definition) is 3. The molecule has 0 aliphatic carbocycles. The van der Waals surface area contributed by atoms with Crippen LogP contribution in [0, 0.1) is 0 Å². The van der Waals surface area contributed by atoms with Gasteiger partial charge in [0.05, 0.1) is 5.60 Å². The first kappa shape index (κ1) is 16.9. The van der Waals surface area contributed by atoms with Crippen molar-refractivity contribution in [1.82, 2.24) is 0 Å². The number of unbranched alkanes of at least 4 members (excludes halogenated alkanes) is 3. The fraction of sp³-hybridized carbons (Fsp3) is 1.00. The van der Waals surface area contributed by atoms with E-state index >= 15 is 0 Å². The first-order chi connectivity index (χ1) is 7.83.